The summed E-state index contributed by atoms with van der Waals surface area (Å²) in [4.78, 5) is 12.4. The highest BCUT2D eigenvalue weighted by molar-refractivity contribution is 8.01. The molecule has 3 N–H and O–H groups in total. The highest BCUT2D eigenvalue weighted by Crippen LogP contribution is 2.38. The summed E-state index contributed by atoms with van der Waals surface area (Å²) in [6.45, 7) is 0. The SMILES string of the molecule is Nc1nnc(S[C@H](C(=O)NC2CC2)c2ccccc2)s1. The molecule has 0 unspecified atom stereocenters. The van der Waals surface area contributed by atoms with Crippen molar-refractivity contribution in [1.82, 2.24) is 15.5 Å². The van der Waals surface area contributed by atoms with Gasteiger partial charge in [0, 0.05) is 6.04 Å². The lowest BCUT2D eigenvalue weighted by atomic mass is 10.1. The molecule has 0 spiro atoms. The van der Waals surface area contributed by atoms with Crippen LogP contribution in [0.15, 0.2) is 34.7 Å². The smallest absolute Gasteiger partial charge is 0.238 e. The van der Waals surface area contributed by atoms with Gasteiger partial charge < -0.3 is 11.1 Å². The number of rotatable bonds is 5. The van der Waals surface area contributed by atoms with Crippen LogP contribution in [0.1, 0.15) is 23.7 Å². The lowest BCUT2D eigenvalue weighted by Gasteiger charge is -2.15. The highest BCUT2D eigenvalue weighted by atomic mass is 32.2. The molecule has 0 saturated heterocycles. The first-order valence-corrected chi connectivity index (χ1v) is 8.03. The summed E-state index contributed by atoms with van der Waals surface area (Å²) in [6, 6.07) is 10.0. The summed E-state index contributed by atoms with van der Waals surface area (Å²) in [5, 5.41) is 10.9. The molecule has 2 aromatic rings. The molecule has 1 aromatic carbocycles. The van der Waals surface area contributed by atoms with Gasteiger partial charge >= 0.3 is 0 Å². The van der Waals surface area contributed by atoms with E-state index in [1.807, 2.05) is 30.3 Å². The zero-order valence-corrected chi connectivity index (χ0v) is 12.3. The minimum Gasteiger partial charge on any atom is -0.374 e. The summed E-state index contributed by atoms with van der Waals surface area (Å²) in [6.07, 6.45) is 2.15. The van der Waals surface area contributed by atoms with Gasteiger partial charge in [-0.15, -0.1) is 10.2 Å². The molecular formula is C13H14N4OS2. The molecule has 104 valence electrons. The molecule has 1 aliphatic carbocycles. The maximum atomic E-state index is 12.4. The number of benzene rings is 1. The third kappa shape index (κ3) is 3.29. The number of nitrogens with zero attached hydrogens (tertiary/aromatic N) is 2. The van der Waals surface area contributed by atoms with E-state index < -0.39 is 0 Å². The molecule has 0 radical (unpaired) electrons. The van der Waals surface area contributed by atoms with Crippen LogP contribution in [-0.2, 0) is 4.79 Å². The van der Waals surface area contributed by atoms with E-state index in [4.69, 9.17) is 5.73 Å². The molecule has 5 nitrogen and oxygen atoms in total. The van der Waals surface area contributed by atoms with E-state index in [0.717, 1.165) is 18.4 Å². The Morgan fingerprint density at radius 2 is 2.10 bits per heavy atom. The van der Waals surface area contributed by atoms with Crippen LogP contribution in [0.4, 0.5) is 5.13 Å². The van der Waals surface area contributed by atoms with Crippen molar-refractivity contribution in [2.45, 2.75) is 28.5 Å². The van der Waals surface area contributed by atoms with Gasteiger partial charge in [-0.3, -0.25) is 4.79 Å². The predicted molar refractivity (Wildman–Crippen MR) is 80.5 cm³/mol. The number of hydrogen-bond acceptors (Lipinski definition) is 6. The molecule has 1 fully saturated rings. The van der Waals surface area contributed by atoms with Crippen LogP contribution >= 0.6 is 23.1 Å². The summed E-state index contributed by atoms with van der Waals surface area (Å²) in [7, 11) is 0. The number of amides is 1. The molecule has 1 saturated carbocycles. The average molecular weight is 306 g/mol. The zero-order valence-electron chi connectivity index (χ0n) is 10.7. The van der Waals surface area contributed by atoms with Crippen molar-refractivity contribution in [3.8, 4) is 0 Å². The molecule has 20 heavy (non-hydrogen) atoms. The van der Waals surface area contributed by atoms with E-state index in [2.05, 4.69) is 15.5 Å². The average Bonchev–Trinajstić information content (AvgIpc) is 3.17. The summed E-state index contributed by atoms with van der Waals surface area (Å²) in [5.74, 6) is 0.0254. The predicted octanol–water partition coefficient (Wildman–Crippen LogP) is 2.23. The lowest BCUT2D eigenvalue weighted by molar-refractivity contribution is -0.120. The number of aromatic nitrogens is 2. The normalized spacial score (nSPS) is 15.8. The fraction of sp³-hybridized carbons (Fsp3) is 0.308. The molecule has 1 aromatic heterocycles. The lowest BCUT2D eigenvalue weighted by Crippen LogP contribution is -2.29. The first-order valence-electron chi connectivity index (χ1n) is 6.33. The van der Waals surface area contributed by atoms with E-state index in [9.17, 15) is 4.79 Å². The molecule has 1 heterocycles. The van der Waals surface area contributed by atoms with Crippen LogP contribution < -0.4 is 11.1 Å². The van der Waals surface area contributed by atoms with Crippen LogP contribution in [0.2, 0.25) is 0 Å². The number of nitrogens with two attached hydrogens (primary N) is 1. The number of nitrogens with one attached hydrogen (secondary N) is 1. The Morgan fingerprint density at radius 1 is 1.35 bits per heavy atom. The van der Waals surface area contributed by atoms with Gasteiger partial charge in [0.05, 0.1) is 0 Å². The monoisotopic (exact) mass is 306 g/mol. The van der Waals surface area contributed by atoms with Gasteiger partial charge in [0.1, 0.15) is 5.25 Å². The largest absolute Gasteiger partial charge is 0.374 e. The van der Waals surface area contributed by atoms with Gasteiger partial charge in [0.15, 0.2) is 4.34 Å². The quantitative estimate of drug-likeness (QED) is 0.828. The Bertz CT molecular complexity index is 597. The summed E-state index contributed by atoms with van der Waals surface area (Å²) in [5.41, 5.74) is 6.55. The van der Waals surface area contributed by atoms with E-state index in [1.165, 1.54) is 23.1 Å². The summed E-state index contributed by atoms with van der Waals surface area (Å²) < 4.78 is 0.710. The Hall–Kier alpha value is -1.60. The van der Waals surface area contributed by atoms with E-state index in [1.54, 1.807) is 0 Å². The van der Waals surface area contributed by atoms with Crippen LogP contribution in [0, 0.1) is 0 Å². The van der Waals surface area contributed by atoms with Gasteiger partial charge in [-0.25, -0.2) is 0 Å². The van der Waals surface area contributed by atoms with E-state index in [-0.39, 0.29) is 11.2 Å². The Morgan fingerprint density at radius 3 is 2.70 bits per heavy atom. The first-order chi connectivity index (χ1) is 9.72. The van der Waals surface area contributed by atoms with Crippen molar-refractivity contribution in [2.75, 3.05) is 5.73 Å². The standard InChI is InChI=1S/C13H14N4OS2/c14-12-16-17-13(20-12)19-10(8-4-2-1-3-5-8)11(18)15-9-6-7-9/h1-5,9-10H,6-7H2,(H2,14,16)(H,15,18)/t10-/m0/s1. The minimum absolute atomic E-state index is 0.0254. The molecule has 7 heteroatoms. The minimum atomic E-state index is -0.316. The summed E-state index contributed by atoms with van der Waals surface area (Å²) >= 11 is 2.69. The molecule has 0 bridgehead atoms. The van der Waals surface area contributed by atoms with E-state index >= 15 is 0 Å². The fourth-order valence-corrected chi connectivity index (χ4v) is 3.61. The van der Waals surface area contributed by atoms with Crippen molar-refractivity contribution < 1.29 is 4.79 Å². The maximum Gasteiger partial charge on any atom is 0.238 e. The van der Waals surface area contributed by atoms with Crippen molar-refractivity contribution in [3.63, 3.8) is 0 Å². The number of carbonyl (C=O) groups is 1. The number of hydrogen-bond donors (Lipinski definition) is 2. The number of carbonyl (C=O) groups excluding carboxylic acids is 1. The highest BCUT2D eigenvalue weighted by Gasteiger charge is 2.29. The molecule has 3 rings (SSSR count). The van der Waals surface area contributed by atoms with Crippen molar-refractivity contribution >= 4 is 34.1 Å². The van der Waals surface area contributed by atoms with Crippen LogP contribution in [0.5, 0.6) is 0 Å². The van der Waals surface area contributed by atoms with Crippen molar-refractivity contribution in [3.05, 3.63) is 35.9 Å². The zero-order chi connectivity index (χ0) is 13.9. The molecule has 1 atom stereocenters. The molecule has 1 aliphatic rings. The second-order valence-corrected chi connectivity index (χ2v) is 6.96. The Labute approximate surface area is 125 Å². The molecule has 1 amide bonds. The Balaban J connectivity index is 1.80. The van der Waals surface area contributed by atoms with Gasteiger partial charge in [-0.05, 0) is 18.4 Å². The van der Waals surface area contributed by atoms with Crippen LogP contribution in [0.3, 0.4) is 0 Å². The Kier molecular flexibility index (Phi) is 3.88. The number of nitrogen functional groups attached to an aromatic ring is 1. The third-order valence-corrected chi connectivity index (χ3v) is 5.00. The maximum absolute atomic E-state index is 12.4. The third-order valence-electron chi connectivity index (χ3n) is 2.90. The van der Waals surface area contributed by atoms with Gasteiger partial charge in [-0.2, -0.15) is 0 Å². The van der Waals surface area contributed by atoms with Crippen LogP contribution in [0.25, 0.3) is 0 Å². The van der Waals surface area contributed by atoms with Crippen molar-refractivity contribution in [2.24, 2.45) is 0 Å². The van der Waals surface area contributed by atoms with Crippen LogP contribution in [-0.4, -0.2) is 22.1 Å². The second-order valence-electron chi connectivity index (χ2n) is 4.60. The second kappa shape index (κ2) is 5.80. The topological polar surface area (TPSA) is 80.9 Å². The van der Waals surface area contributed by atoms with Crippen molar-refractivity contribution in [1.29, 1.82) is 0 Å². The first kappa shape index (κ1) is 13.4. The molecule has 0 aliphatic heterocycles. The number of thioether (sulfide) groups is 1. The van der Waals surface area contributed by atoms with Gasteiger partial charge in [-0.1, -0.05) is 53.4 Å². The number of anilines is 1. The van der Waals surface area contributed by atoms with E-state index in [0.29, 0.717) is 15.5 Å². The van der Waals surface area contributed by atoms with Gasteiger partial charge in [0.2, 0.25) is 11.0 Å². The molecular weight excluding hydrogens is 292 g/mol. The van der Waals surface area contributed by atoms with Gasteiger partial charge in [0.25, 0.3) is 0 Å². The fourth-order valence-electron chi connectivity index (χ4n) is 1.77.